The second-order valence-corrected chi connectivity index (χ2v) is 12.2. The number of aromatic amines is 1. The van der Waals surface area contributed by atoms with Gasteiger partial charge in [-0.25, -0.2) is 9.97 Å². The van der Waals surface area contributed by atoms with Gasteiger partial charge in [-0.05, 0) is 25.0 Å². The maximum absolute atomic E-state index is 12.2. The predicted molar refractivity (Wildman–Crippen MR) is 150 cm³/mol. The zero-order chi connectivity index (χ0) is 25.5. The first-order chi connectivity index (χ1) is 18.7. The third kappa shape index (κ3) is 5.14. The zero-order valence-electron chi connectivity index (χ0n) is 21.7. The lowest BCUT2D eigenvalue weighted by molar-refractivity contribution is -0.122. The quantitative estimate of drug-likeness (QED) is 0.479. The number of hydrogen-bond donors (Lipinski definition) is 2. The summed E-state index contributed by atoms with van der Waals surface area (Å²) in [6, 6.07) is 8.85. The van der Waals surface area contributed by atoms with Crippen molar-refractivity contribution in [2.45, 2.75) is 35.4 Å². The second-order valence-electron chi connectivity index (χ2n) is 10.9. The smallest absolute Gasteiger partial charge is 0.234 e. The Labute approximate surface area is 227 Å². The van der Waals surface area contributed by atoms with Gasteiger partial charge in [0, 0.05) is 86.2 Å². The molecule has 9 nitrogen and oxygen atoms in total. The van der Waals surface area contributed by atoms with Gasteiger partial charge < -0.3 is 19.9 Å². The van der Waals surface area contributed by atoms with Gasteiger partial charge in [-0.1, -0.05) is 12.1 Å². The summed E-state index contributed by atoms with van der Waals surface area (Å²) in [5.41, 5.74) is 3.36. The number of benzene rings is 1. The molecule has 3 fully saturated rings. The van der Waals surface area contributed by atoms with E-state index in [1.165, 1.54) is 10.6 Å². The number of thioether (sulfide) groups is 1. The van der Waals surface area contributed by atoms with Crippen LogP contribution in [0.1, 0.15) is 18.5 Å². The van der Waals surface area contributed by atoms with Crippen molar-refractivity contribution in [3.63, 3.8) is 0 Å². The van der Waals surface area contributed by atoms with E-state index in [0.29, 0.717) is 17.8 Å². The van der Waals surface area contributed by atoms with Crippen LogP contribution in [0.5, 0.6) is 0 Å². The van der Waals surface area contributed by atoms with E-state index < -0.39 is 0 Å². The Morgan fingerprint density at radius 2 is 1.87 bits per heavy atom. The first-order valence-electron chi connectivity index (χ1n) is 13.9. The van der Waals surface area contributed by atoms with Crippen molar-refractivity contribution in [3.05, 3.63) is 36.2 Å². The average Bonchev–Trinajstić information content (AvgIpc) is 3.44. The highest BCUT2D eigenvalue weighted by Gasteiger charge is 2.33. The normalized spacial score (nSPS) is 22.6. The van der Waals surface area contributed by atoms with Crippen molar-refractivity contribution in [1.82, 2.24) is 30.1 Å². The number of H-pyrrole nitrogens is 1. The fourth-order valence-corrected chi connectivity index (χ4v) is 7.19. The lowest BCUT2D eigenvalue weighted by Crippen LogP contribution is -2.50. The fourth-order valence-electron chi connectivity index (χ4n) is 5.78. The minimum Gasteiger partial charge on any atom is -0.378 e. The van der Waals surface area contributed by atoms with E-state index in [0.717, 1.165) is 106 Å². The Bertz CT molecular complexity index is 1310. The molecule has 1 unspecified atom stereocenters. The van der Waals surface area contributed by atoms with Gasteiger partial charge in [-0.3, -0.25) is 14.6 Å². The van der Waals surface area contributed by atoms with Crippen molar-refractivity contribution in [3.8, 4) is 11.4 Å². The van der Waals surface area contributed by atoms with E-state index in [9.17, 15) is 4.79 Å². The van der Waals surface area contributed by atoms with Crippen LogP contribution in [0.15, 0.2) is 35.4 Å². The Morgan fingerprint density at radius 3 is 2.68 bits per heavy atom. The Hall–Kier alpha value is -2.66. The van der Waals surface area contributed by atoms with Gasteiger partial charge in [0.1, 0.15) is 5.82 Å². The SMILES string of the molecule is O=C(CN1CCN(CC2Cc3nc(-c4cccc5[nH]ccc45)nc(N4CCOCC4)c3S2)CC1)NC1CC1. The molecule has 10 heteroatoms. The van der Waals surface area contributed by atoms with E-state index in [1.807, 2.05) is 18.0 Å². The minimum absolute atomic E-state index is 0.183. The summed E-state index contributed by atoms with van der Waals surface area (Å²) in [5.74, 6) is 2.07. The summed E-state index contributed by atoms with van der Waals surface area (Å²) in [7, 11) is 0. The second kappa shape index (κ2) is 10.5. The molecule has 1 atom stereocenters. The molecule has 200 valence electrons. The summed E-state index contributed by atoms with van der Waals surface area (Å²) >= 11 is 1.95. The largest absolute Gasteiger partial charge is 0.378 e. The van der Waals surface area contributed by atoms with Gasteiger partial charge in [0.25, 0.3) is 0 Å². The van der Waals surface area contributed by atoms with Crippen molar-refractivity contribution in [2.24, 2.45) is 0 Å². The zero-order valence-corrected chi connectivity index (χ0v) is 22.5. The Kier molecular flexibility index (Phi) is 6.73. The molecule has 3 aromatic rings. The van der Waals surface area contributed by atoms with E-state index in [-0.39, 0.29) is 5.91 Å². The number of aromatic nitrogens is 3. The van der Waals surface area contributed by atoms with Crippen LogP contribution in [0.4, 0.5) is 5.82 Å². The first kappa shape index (κ1) is 24.4. The molecule has 2 N–H and O–H groups in total. The van der Waals surface area contributed by atoms with Crippen molar-refractivity contribution in [2.75, 3.05) is 70.5 Å². The van der Waals surface area contributed by atoms with E-state index in [4.69, 9.17) is 14.7 Å². The third-order valence-electron chi connectivity index (χ3n) is 8.01. The fraction of sp³-hybridized carbons (Fsp3) is 0.536. The van der Waals surface area contributed by atoms with Gasteiger partial charge >= 0.3 is 0 Å². The molecule has 5 heterocycles. The molecule has 0 radical (unpaired) electrons. The molecule has 7 rings (SSSR count). The van der Waals surface area contributed by atoms with Crippen LogP contribution in [0.2, 0.25) is 0 Å². The number of carbonyl (C=O) groups is 1. The van der Waals surface area contributed by atoms with Crippen LogP contribution in [0.3, 0.4) is 0 Å². The molecular weight excluding hydrogens is 498 g/mol. The molecule has 3 aliphatic heterocycles. The number of nitrogens with zero attached hydrogens (tertiary/aromatic N) is 5. The maximum atomic E-state index is 12.2. The summed E-state index contributed by atoms with van der Waals surface area (Å²) < 4.78 is 5.65. The summed E-state index contributed by atoms with van der Waals surface area (Å²) in [6.07, 6.45) is 5.22. The summed E-state index contributed by atoms with van der Waals surface area (Å²) in [4.78, 5) is 34.3. The Morgan fingerprint density at radius 1 is 1.05 bits per heavy atom. The number of fused-ring (bicyclic) bond motifs is 2. The number of piperazine rings is 1. The number of amides is 1. The number of hydrogen-bond acceptors (Lipinski definition) is 8. The lowest BCUT2D eigenvalue weighted by Gasteiger charge is -2.35. The first-order valence-corrected chi connectivity index (χ1v) is 14.8. The standard InChI is InChI=1S/C28H35N7O2S/c36-25(30-19-4-5-19)18-34-10-8-33(9-11-34)17-20-16-24-26(38-20)28(35-12-14-37-15-13-35)32-27(31-24)22-2-1-3-23-21(22)6-7-29-23/h1-3,6-7,19-20,29H,4-5,8-18H2,(H,30,36). The van der Waals surface area contributed by atoms with Gasteiger partial charge in [0.05, 0.1) is 30.3 Å². The number of morpholine rings is 1. The van der Waals surface area contributed by atoms with Crippen LogP contribution in [-0.4, -0.2) is 108 Å². The van der Waals surface area contributed by atoms with E-state index in [2.05, 4.69) is 49.3 Å². The molecule has 38 heavy (non-hydrogen) atoms. The van der Waals surface area contributed by atoms with E-state index in [1.54, 1.807) is 0 Å². The predicted octanol–water partition coefficient (Wildman–Crippen LogP) is 2.37. The number of ether oxygens (including phenoxy) is 1. The number of nitrogens with one attached hydrogen (secondary N) is 2. The molecule has 1 amide bonds. The number of anilines is 1. The summed E-state index contributed by atoms with van der Waals surface area (Å²) in [5, 5.41) is 4.73. The molecule has 2 saturated heterocycles. The molecular formula is C28H35N7O2S. The number of carbonyl (C=O) groups excluding carboxylic acids is 1. The van der Waals surface area contributed by atoms with E-state index >= 15 is 0 Å². The molecule has 1 aromatic carbocycles. The highest BCUT2D eigenvalue weighted by molar-refractivity contribution is 8.00. The average molecular weight is 534 g/mol. The van der Waals surface area contributed by atoms with Crippen LogP contribution in [0.25, 0.3) is 22.3 Å². The van der Waals surface area contributed by atoms with Gasteiger partial charge in [0.2, 0.25) is 5.91 Å². The van der Waals surface area contributed by atoms with Crippen molar-refractivity contribution in [1.29, 1.82) is 0 Å². The third-order valence-corrected chi connectivity index (χ3v) is 9.31. The maximum Gasteiger partial charge on any atom is 0.234 e. The topological polar surface area (TPSA) is 89.6 Å². The minimum atomic E-state index is 0.183. The molecule has 4 aliphatic rings. The van der Waals surface area contributed by atoms with Crippen molar-refractivity contribution < 1.29 is 9.53 Å². The molecule has 1 saturated carbocycles. The highest BCUT2D eigenvalue weighted by atomic mass is 32.2. The Balaban J connectivity index is 1.06. The van der Waals surface area contributed by atoms with Crippen LogP contribution >= 0.6 is 11.8 Å². The van der Waals surface area contributed by atoms with Crippen LogP contribution in [0, 0.1) is 0 Å². The van der Waals surface area contributed by atoms with Gasteiger partial charge in [-0.15, -0.1) is 11.8 Å². The summed E-state index contributed by atoms with van der Waals surface area (Å²) in [6.45, 7) is 8.67. The van der Waals surface area contributed by atoms with Gasteiger partial charge in [0.15, 0.2) is 5.82 Å². The lowest BCUT2D eigenvalue weighted by atomic mass is 10.1. The molecule has 2 aromatic heterocycles. The molecule has 0 spiro atoms. The molecule has 0 bridgehead atoms. The monoisotopic (exact) mass is 533 g/mol. The number of rotatable bonds is 7. The molecule has 1 aliphatic carbocycles. The highest BCUT2D eigenvalue weighted by Crippen LogP contribution is 2.43. The van der Waals surface area contributed by atoms with Crippen LogP contribution < -0.4 is 10.2 Å². The van der Waals surface area contributed by atoms with Crippen molar-refractivity contribution >= 4 is 34.4 Å². The van der Waals surface area contributed by atoms with Crippen LogP contribution in [-0.2, 0) is 16.0 Å². The van der Waals surface area contributed by atoms with Gasteiger partial charge in [-0.2, -0.15) is 0 Å².